The first-order chi connectivity index (χ1) is 17.2. The molecule has 0 radical (unpaired) electrons. The van der Waals surface area contributed by atoms with Crippen LogP contribution in [0.2, 0.25) is 0 Å². The van der Waals surface area contributed by atoms with E-state index < -0.39 is 0 Å². The molecular formula is C28H33N3O4. The second kappa shape index (κ2) is 12.8. The van der Waals surface area contributed by atoms with Crippen LogP contribution in [0.1, 0.15) is 36.8 Å². The first-order valence-electron chi connectivity index (χ1n) is 12.2. The lowest BCUT2D eigenvalue weighted by atomic mass is 10.1. The molecule has 1 aromatic heterocycles. The van der Waals surface area contributed by atoms with E-state index in [-0.39, 0.29) is 5.91 Å². The van der Waals surface area contributed by atoms with Gasteiger partial charge in [-0.05, 0) is 55.3 Å². The molecule has 7 nitrogen and oxygen atoms in total. The van der Waals surface area contributed by atoms with Gasteiger partial charge >= 0.3 is 0 Å². The second-order valence-electron chi connectivity index (χ2n) is 8.61. The van der Waals surface area contributed by atoms with Gasteiger partial charge in [0.2, 0.25) is 11.8 Å². The molecule has 7 heteroatoms. The number of nitrogens with one attached hydrogen (secondary N) is 1. The van der Waals surface area contributed by atoms with Crippen LogP contribution in [0.3, 0.4) is 0 Å². The summed E-state index contributed by atoms with van der Waals surface area (Å²) in [5, 5.41) is 3.04. The van der Waals surface area contributed by atoms with Gasteiger partial charge in [-0.1, -0.05) is 43.2 Å². The van der Waals surface area contributed by atoms with Crippen LogP contribution in [-0.4, -0.2) is 42.6 Å². The molecule has 2 aromatic carbocycles. The van der Waals surface area contributed by atoms with Gasteiger partial charge in [-0.2, -0.15) is 0 Å². The number of hydrogen-bond donors (Lipinski definition) is 1. The van der Waals surface area contributed by atoms with Crippen LogP contribution >= 0.6 is 0 Å². The van der Waals surface area contributed by atoms with Crippen LogP contribution in [-0.2, 0) is 17.9 Å². The van der Waals surface area contributed by atoms with Gasteiger partial charge in [0.1, 0.15) is 5.75 Å². The number of para-hydroxylation sites is 2. The smallest absolute Gasteiger partial charge is 0.234 e. The van der Waals surface area contributed by atoms with E-state index in [9.17, 15) is 4.79 Å². The van der Waals surface area contributed by atoms with Crippen LogP contribution < -0.4 is 19.5 Å². The van der Waals surface area contributed by atoms with Crippen molar-refractivity contribution in [3.8, 4) is 23.1 Å². The fourth-order valence-corrected chi connectivity index (χ4v) is 4.03. The van der Waals surface area contributed by atoms with Crippen molar-refractivity contribution in [3.05, 3.63) is 78.0 Å². The third-order valence-electron chi connectivity index (χ3n) is 5.94. The molecule has 0 spiro atoms. The maximum absolute atomic E-state index is 12.8. The Bertz CT molecular complexity index is 1090. The van der Waals surface area contributed by atoms with Gasteiger partial charge in [0.25, 0.3) is 0 Å². The summed E-state index contributed by atoms with van der Waals surface area (Å²) in [6.45, 7) is 2.83. The van der Waals surface area contributed by atoms with Crippen LogP contribution in [0.25, 0.3) is 0 Å². The number of nitrogens with zero attached hydrogens (tertiary/aromatic N) is 2. The molecule has 4 rings (SSSR count). The minimum absolute atomic E-state index is 0.00737. The van der Waals surface area contributed by atoms with E-state index in [0.29, 0.717) is 37.9 Å². The Labute approximate surface area is 207 Å². The van der Waals surface area contributed by atoms with E-state index >= 15 is 0 Å². The normalized spacial score (nSPS) is 14.9. The molecule has 1 aliphatic heterocycles. The Morgan fingerprint density at radius 3 is 2.63 bits per heavy atom. The second-order valence-corrected chi connectivity index (χ2v) is 8.61. The van der Waals surface area contributed by atoms with E-state index in [4.69, 9.17) is 14.2 Å². The highest BCUT2D eigenvalue weighted by atomic mass is 16.5. The van der Waals surface area contributed by atoms with Gasteiger partial charge in [0.05, 0.1) is 20.3 Å². The lowest BCUT2D eigenvalue weighted by Gasteiger charge is -2.23. The molecule has 0 bridgehead atoms. The van der Waals surface area contributed by atoms with E-state index in [2.05, 4.69) is 15.2 Å². The van der Waals surface area contributed by atoms with Crippen molar-refractivity contribution in [1.82, 2.24) is 15.2 Å². The summed E-state index contributed by atoms with van der Waals surface area (Å²) in [5.41, 5.74) is 1.96. The molecule has 1 N–H and O–H groups in total. The van der Waals surface area contributed by atoms with Gasteiger partial charge in [0, 0.05) is 24.8 Å². The van der Waals surface area contributed by atoms with Crippen LogP contribution in [0.5, 0.6) is 23.1 Å². The molecule has 35 heavy (non-hydrogen) atoms. The number of carbonyl (C=O) groups excluding carboxylic acids is 1. The molecule has 1 aliphatic rings. The Balaban J connectivity index is 1.45. The van der Waals surface area contributed by atoms with Crippen molar-refractivity contribution in [3.63, 3.8) is 0 Å². The van der Waals surface area contributed by atoms with Crippen LogP contribution in [0, 0.1) is 0 Å². The number of rotatable bonds is 5. The quantitative estimate of drug-likeness (QED) is 0.563. The number of fused-ring (bicyclic) bond motifs is 2. The topological polar surface area (TPSA) is 72.9 Å². The van der Waals surface area contributed by atoms with E-state index in [1.807, 2.05) is 60.7 Å². The van der Waals surface area contributed by atoms with Crippen LogP contribution in [0.15, 0.2) is 66.9 Å². The molecule has 2 heterocycles. The van der Waals surface area contributed by atoms with Crippen LogP contribution in [0.4, 0.5) is 0 Å². The van der Waals surface area contributed by atoms with Gasteiger partial charge in [0.15, 0.2) is 11.5 Å². The Morgan fingerprint density at radius 1 is 1.00 bits per heavy atom. The first-order valence-corrected chi connectivity index (χ1v) is 12.2. The molecule has 0 fully saturated rings. The molecule has 0 saturated heterocycles. The zero-order chi connectivity index (χ0) is 24.3. The molecule has 184 valence electrons. The standard InChI is InChI=1S/C28H33N3O4/c1-33-24-14-12-22(13-15-24)19-30-27(32)21-31-17-6-2-3-7-18-34-25-10-4-5-11-26(25)35-28-23(20-31)9-8-16-29-28/h4-5,8-16H,2-3,6-7,17-21H2,1H3,(H,30,32). The van der Waals surface area contributed by atoms with E-state index in [1.165, 1.54) is 0 Å². The summed E-state index contributed by atoms with van der Waals surface area (Å²) >= 11 is 0. The number of hydrogen-bond acceptors (Lipinski definition) is 6. The lowest BCUT2D eigenvalue weighted by Crippen LogP contribution is -2.37. The van der Waals surface area contributed by atoms with Crippen molar-refractivity contribution in [2.24, 2.45) is 0 Å². The highest BCUT2D eigenvalue weighted by molar-refractivity contribution is 5.78. The monoisotopic (exact) mass is 475 g/mol. The summed E-state index contributed by atoms with van der Waals surface area (Å²) in [7, 11) is 1.64. The highest BCUT2D eigenvalue weighted by Crippen LogP contribution is 2.32. The van der Waals surface area contributed by atoms with Gasteiger partial charge in [-0.15, -0.1) is 0 Å². The summed E-state index contributed by atoms with van der Waals surface area (Å²) < 4.78 is 17.4. The summed E-state index contributed by atoms with van der Waals surface area (Å²) in [4.78, 5) is 19.5. The van der Waals surface area contributed by atoms with Crippen molar-refractivity contribution >= 4 is 5.91 Å². The van der Waals surface area contributed by atoms with Gasteiger partial charge in [-0.3, -0.25) is 9.69 Å². The van der Waals surface area contributed by atoms with Crippen molar-refractivity contribution in [2.75, 3.05) is 26.8 Å². The molecule has 0 atom stereocenters. The van der Waals surface area contributed by atoms with Crippen molar-refractivity contribution < 1.29 is 19.0 Å². The fourth-order valence-electron chi connectivity index (χ4n) is 4.03. The number of aromatic nitrogens is 1. The zero-order valence-corrected chi connectivity index (χ0v) is 20.2. The third-order valence-corrected chi connectivity index (χ3v) is 5.94. The maximum Gasteiger partial charge on any atom is 0.234 e. The highest BCUT2D eigenvalue weighted by Gasteiger charge is 2.17. The predicted molar refractivity (Wildman–Crippen MR) is 135 cm³/mol. The average Bonchev–Trinajstić information content (AvgIpc) is 2.88. The molecule has 0 saturated carbocycles. The van der Waals surface area contributed by atoms with Gasteiger partial charge < -0.3 is 19.5 Å². The summed E-state index contributed by atoms with van der Waals surface area (Å²) in [5.74, 6) is 2.69. The van der Waals surface area contributed by atoms with E-state index in [1.54, 1.807) is 13.3 Å². The van der Waals surface area contributed by atoms with Crippen molar-refractivity contribution in [1.29, 1.82) is 0 Å². The van der Waals surface area contributed by atoms with Crippen molar-refractivity contribution in [2.45, 2.75) is 38.8 Å². The lowest BCUT2D eigenvalue weighted by molar-refractivity contribution is -0.122. The molecular weight excluding hydrogens is 442 g/mol. The van der Waals surface area contributed by atoms with E-state index in [0.717, 1.165) is 54.9 Å². The largest absolute Gasteiger partial charge is 0.497 e. The first kappa shape index (κ1) is 24.5. The zero-order valence-electron chi connectivity index (χ0n) is 20.2. The number of amides is 1. The predicted octanol–water partition coefficient (Wildman–Crippen LogP) is 4.95. The summed E-state index contributed by atoms with van der Waals surface area (Å²) in [6, 6.07) is 19.3. The Morgan fingerprint density at radius 2 is 1.80 bits per heavy atom. The number of methoxy groups -OCH3 is 1. The molecule has 1 amide bonds. The number of ether oxygens (including phenoxy) is 3. The molecule has 3 aromatic rings. The SMILES string of the molecule is COc1ccc(CNC(=O)CN2CCCCCCOc3ccccc3Oc3ncccc3C2)cc1. The summed E-state index contributed by atoms with van der Waals surface area (Å²) in [6.07, 6.45) is 5.88. The number of pyridine rings is 1. The fraction of sp³-hybridized carbons (Fsp3) is 0.357. The number of carbonyl (C=O) groups is 1. The minimum atomic E-state index is -0.00737. The van der Waals surface area contributed by atoms with Gasteiger partial charge in [-0.25, -0.2) is 4.98 Å². The minimum Gasteiger partial charge on any atom is -0.497 e. The average molecular weight is 476 g/mol. The molecule has 0 unspecified atom stereocenters. The molecule has 0 aliphatic carbocycles. The number of benzene rings is 2. The maximum atomic E-state index is 12.8. The Hall–Kier alpha value is -3.58. The Kier molecular flexibility index (Phi) is 8.95. The third kappa shape index (κ3) is 7.45.